The van der Waals surface area contributed by atoms with Gasteiger partial charge in [0.15, 0.2) is 0 Å². The van der Waals surface area contributed by atoms with E-state index >= 15 is 0 Å². The van der Waals surface area contributed by atoms with Gasteiger partial charge in [0.1, 0.15) is 0 Å². The van der Waals surface area contributed by atoms with E-state index in [1.807, 2.05) is 6.92 Å². The Morgan fingerprint density at radius 1 is 1.67 bits per heavy atom. The van der Waals surface area contributed by atoms with Crippen molar-refractivity contribution in [2.75, 3.05) is 26.3 Å². The van der Waals surface area contributed by atoms with Gasteiger partial charge in [-0.2, -0.15) is 0 Å². The highest BCUT2D eigenvalue weighted by molar-refractivity contribution is 4.68. The summed E-state index contributed by atoms with van der Waals surface area (Å²) in [5.41, 5.74) is 0. The molecule has 0 amide bonds. The third-order valence-electron chi connectivity index (χ3n) is 2.18. The minimum atomic E-state index is 0.222. The summed E-state index contributed by atoms with van der Waals surface area (Å²) in [5, 5.41) is 12.1. The topological polar surface area (TPSA) is 41.5 Å². The lowest BCUT2D eigenvalue weighted by Crippen LogP contribution is -2.36. The number of aliphatic hydroxyl groups excluding tert-OH is 1. The first-order valence-electron chi connectivity index (χ1n) is 4.76. The Hall–Kier alpha value is -0.120. The number of rotatable bonds is 4. The summed E-state index contributed by atoms with van der Waals surface area (Å²) in [7, 11) is 0. The molecule has 0 aliphatic carbocycles. The third-order valence-corrected chi connectivity index (χ3v) is 2.18. The zero-order valence-electron chi connectivity index (χ0n) is 7.75. The molecule has 2 unspecified atom stereocenters. The second-order valence-electron chi connectivity index (χ2n) is 3.59. The predicted molar refractivity (Wildman–Crippen MR) is 48.1 cm³/mol. The van der Waals surface area contributed by atoms with E-state index in [1.165, 1.54) is 6.42 Å². The van der Waals surface area contributed by atoms with Crippen molar-refractivity contribution in [3.05, 3.63) is 0 Å². The minimum Gasteiger partial charge on any atom is -0.396 e. The van der Waals surface area contributed by atoms with Crippen LogP contribution >= 0.6 is 0 Å². The summed E-state index contributed by atoms with van der Waals surface area (Å²) < 4.78 is 5.61. The van der Waals surface area contributed by atoms with Crippen LogP contribution in [0.25, 0.3) is 0 Å². The summed E-state index contributed by atoms with van der Waals surface area (Å²) >= 11 is 0. The number of piperidine rings is 1. The van der Waals surface area contributed by atoms with Crippen molar-refractivity contribution in [2.45, 2.75) is 25.9 Å². The van der Waals surface area contributed by atoms with Gasteiger partial charge in [0.2, 0.25) is 0 Å². The Morgan fingerprint density at radius 2 is 2.50 bits per heavy atom. The Bertz CT molecular complexity index is 113. The predicted octanol–water partition coefficient (Wildman–Crippen LogP) is 0.383. The van der Waals surface area contributed by atoms with Crippen LogP contribution in [-0.4, -0.2) is 37.5 Å². The summed E-state index contributed by atoms with van der Waals surface area (Å²) in [6.45, 7) is 4.99. The first kappa shape index (κ1) is 9.96. The molecule has 1 aliphatic heterocycles. The number of aliphatic hydroxyl groups is 1. The molecule has 1 saturated heterocycles. The lowest BCUT2D eigenvalue weighted by Gasteiger charge is -2.24. The van der Waals surface area contributed by atoms with E-state index in [-0.39, 0.29) is 12.5 Å². The molecular weight excluding hydrogens is 154 g/mol. The molecule has 0 aromatic rings. The van der Waals surface area contributed by atoms with Crippen LogP contribution in [0.2, 0.25) is 0 Å². The molecule has 2 N–H and O–H groups in total. The fraction of sp³-hybridized carbons (Fsp3) is 1.00. The zero-order valence-corrected chi connectivity index (χ0v) is 7.75. The molecule has 0 spiro atoms. The van der Waals surface area contributed by atoms with E-state index in [4.69, 9.17) is 9.84 Å². The average Bonchev–Trinajstić information content (AvgIpc) is 2.16. The van der Waals surface area contributed by atoms with Crippen LogP contribution in [0.1, 0.15) is 19.8 Å². The lowest BCUT2D eigenvalue weighted by atomic mass is 10.1. The van der Waals surface area contributed by atoms with Gasteiger partial charge in [0.25, 0.3) is 0 Å². The van der Waals surface area contributed by atoms with Crippen LogP contribution < -0.4 is 5.32 Å². The molecule has 2 atom stereocenters. The normalized spacial score (nSPS) is 27.0. The second-order valence-corrected chi connectivity index (χ2v) is 3.59. The quantitative estimate of drug-likeness (QED) is 0.646. The van der Waals surface area contributed by atoms with Crippen molar-refractivity contribution in [3.63, 3.8) is 0 Å². The second kappa shape index (κ2) is 5.51. The van der Waals surface area contributed by atoms with E-state index in [9.17, 15) is 0 Å². The Balaban J connectivity index is 2.05. The molecule has 0 saturated carbocycles. The van der Waals surface area contributed by atoms with Crippen molar-refractivity contribution in [1.82, 2.24) is 5.32 Å². The van der Waals surface area contributed by atoms with Crippen LogP contribution in [0.3, 0.4) is 0 Å². The standard InChI is InChI=1S/C9H19NO2/c1-8(6-11)7-12-9-3-2-4-10-5-9/h8-11H,2-7H2,1H3. The van der Waals surface area contributed by atoms with Crippen molar-refractivity contribution in [2.24, 2.45) is 5.92 Å². The van der Waals surface area contributed by atoms with Crippen molar-refractivity contribution < 1.29 is 9.84 Å². The molecule has 0 radical (unpaired) electrons. The molecule has 3 nitrogen and oxygen atoms in total. The van der Waals surface area contributed by atoms with E-state index in [1.54, 1.807) is 0 Å². The van der Waals surface area contributed by atoms with Gasteiger partial charge in [-0.25, -0.2) is 0 Å². The smallest absolute Gasteiger partial charge is 0.0700 e. The molecule has 72 valence electrons. The largest absolute Gasteiger partial charge is 0.396 e. The van der Waals surface area contributed by atoms with Gasteiger partial charge in [-0.1, -0.05) is 6.92 Å². The number of hydrogen-bond acceptors (Lipinski definition) is 3. The van der Waals surface area contributed by atoms with Crippen LogP contribution in [0.15, 0.2) is 0 Å². The van der Waals surface area contributed by atoms with Crippen molar-refractivity contribution >= 4 is 0 Å². The molecular formula is C9H19NO2. The maximum absolute atomic E-state index is 8.77. The molecule has 0 bridgehead atoms. The number of nitrogens with one attached hydrogen (secondary N) is 1. The first-order valence-corrected chi connectivity index (χ1v) is 4.76. The van der Waals surface area contributed by atoms with Gasteiger partial charge in [-0.15, -0.1) is 0 Å². The SMILES string of the molecule is CC(CO)COC1CCCNC1. The summed E-state index contributed by atoms with van der Waals surface area (Å²) in [5.74, 6) is 0.270. The van der Waals surface area contributed by atoms with E-state index in [0.29, 0.717) is 12.7 Å². The summed E-state index contributed by atoms with van der Waals surface area (Å²) in [6, 6.07) is 0. The van der Waals surface area contributed by atoms with Crippen molar-refractivity contribution in [1.29, 1.82) is 0 Å². The number of hydrogen-bond donors (Lipinski definition) is 2. The van der Waals surface area contributed by atoms with E-state index < -0.39 is 0 Å². The van der Waals surface area contributed by atoms with E-state index in [2.05, 4.69) is 5.32 Å². The highest BCUT2D eigenvalue weighted by Crippen LogP contribution is 2.07. The highest BCUT2D eigenvalue weighted by atomic mass is 16.5. The Kier molecular flexibility index (Phi) is 4.58. The maximum Gasteiger partial charge on any atom is 0.0700 e. The van der Waals surface area contributed by atoms with Gasteiger partial charge in [-0.3, -0.25) is 0 Å². The van der Waals surface area contributed by atoms with E-state index in [0.717, 1.165) is 19.5 Å². The summed E-state index contributed by atoms with van der Waals surface area (Å²) in [4.78, 5) is 0. The fourth-order valence-corrected chi connectivity index (χ4v) is 1.32. The van der Waals surface area contributed by atoms with Crippen molar-refractivity contribution in [3.8, 4) is 0 Å². The van der Waals surface area contributed by atoms with Crippen LogP contribution in [0.5, 0.6) is 0 Å². The number of ether oxygens (including phenoxy) is 1. The molecule has 0 aromatic heterocycles. The maximum atomic E-state index is 8.77. The fourth-order valence-electron chi connectivity index (χ4n) is 1.32. The molecule has 3 heteroatoms. The third kappa shape index (κ3) is 3.52. The van der Waals surface area contributed by atoms with Crippen LogP contribution in [0.4, 0.5) is 0 Å². The summed E-state index contributed by atoms with van der Waals surface area (Å²) in [6.07, 6.45) is 2.73. The zero-order chi connectivity index (χ0) is 8.81. The average molecular weight is 173 g/mol. The van der Waals surface area contributed by atoms with Gasteiger partial charge in [0.05, 0.1) is 12.7 Å². The molecule has 12 heavy (non-hydrogen) atoms. The molecule has 0 aromatic carbocycles. The monoisotopic (exact) mass is 173 g/mol. The Labute approximate surface area is 74.1 Å². The van der Waals surface area contributed by atoms with Crippen LogP contribution in [0, 0.1) is 5.92 Å². The highest BCUT2D eigenvalue weighted by Gasteiger charge is 2.13. The molecule has 1 aliphatic rings. The molecule has 1 fully saturated rings. The molecule has 1 heterocycles. The van der Waals surface area contributed by atoms with Gasteiger partial charge >= 0.3 is 0 Å². The van der Waals surface area contributed by atoms with Gasteiger partial charge < -0.3 is 15.2 Å². The first-order chi connectivity index (χ1) is 5.83. The lowest BCUT2D eigenvalue weighted by molar-refractivity contribution is 0.00794. The minimum absolute atomic E-state index is 0.222. The van der Waals surface area contributed by atoms with Gasteiger partial charge in [-0.05, 0) is 19.4 Å². The van der Waals surface area contributed by atoms with Gasteiger partial charge in [0, 0.05) is 19.1 Å². The molecule has 1 rings (SSSR count). The van der Waals surface area contributed by atoms with Crippen LogP contribution in [-0.2, 0) is 4.74 Å². The Morgan fingerprint density at radius 3 is 3.08 bits per heavy atom.